The topological polar surface area (TPSA) is 59.0 Å². The summed E-state index contributed by atoms with van der Waals surface area (Å²) in [4.78, 5) is 15.2. The Kier molecular flexibility index (Phi) is 4.75. The van der Waals surface area contributed by atoms with Gasteiger partial charge in [0.25, 0.3) is 5.91 Å². The van der Waals surface area contributed by atoms with Crippen LogP contribution in [0.25, 0.3) is 0 Å². The van der Waals surface area contributed by atoms with Gasteiger partial charge in [-0.05, 0) is 42.7 Å². The van der Waals surface area contributed by atoms with Crippen molar-refractivity contribution in [3.63, 3.8) is 0 Å². The highest BCUT2D eigenvalue weighted by molar-refractivity contribution is 5.98. The zero-order chi connectivity index (χ0) is 19.9. The largest absolute Gasteiger partial charge is 0.493 e. The molecule has 0 spiro atoms. The van der Waals surface area contributed by atoms with Gasteiger partial charge in [0.15, 0.2) is 11.5 Å². The minimum atomic E-state index is -1.12. The van der Waals surface area contributed by atoms with Crippen LogP contribution in [-0.2, 0) is 5.60 Å². The SMILES string of the molecule is COc1cccc(C(=O)N2C3CCC2CC(O)(c2cccc(F)c2)C3)c1OC. The van der Waals surface area contributed by atoms with Gasteiger partial charge in [-0.2, -0.15) is 0 Å². The number of rotatable bonds is 4. The van der Waals surface area contributed by atoms with Gasteiger partial charge >= 0.3 is 0 Å². The number of ether oxygens (including phenoxy) is 2. The molecule has 1 N–H and O–H groups in total. The number of methoxy groups -OCH3 is 2. The van der Waals surface area contributed by atoms with E-state index in [2.05, 4.69) is 0 Å². The summed E-state index contributed by atoms with van der Waals surface area (Å²) in [6, 6.07) is 11.2. The molecule has 28 heavy (non-hydrogen) atoms. The number of hydrogen-bond donors (Lipinski definition) is 1. The van der Waals surface area contributed by atoms with Gasteiger partial charge in [-0.25, -0.2) is 4.39 Å². The predicted octanol–water partition coefficient (Wildman–Crippen LogP) is 3.50. The first-order chi connectivity index (χ1) is 13.5. The van der Waals surface area contributed by atoms with E-state index in [-0.39, 0.29) is 23.8 Å². The van der Waals surface area contributed by atoms with Gasteiger partial charge in [0.05, 0.1) is 25.4 Å². The van der Waals surface area contributed by atoms with Crippen LogP contribution in [-0.4, -0.2) is 42.2 Å². The normalized spacial score (nSPS) is 26.2. The fourth-order valence-corrected chi connectivity index (χ4v) is 4.76. The van der Waals surface area contributed by atoms with Crippen molar-refractivity contribution in [2.45, 2.75) is 43.4 Å². The van der Waals surface area contributed by atoms with Gasteiger partial charge in [0, 0.05) is 24.9 Å². The molecule has 2 saturated heterocycles. The maximum atomic E-state index is 13.7. The van der Waals surface area contributed by atoms with Crippen LogP contribution >= 0.6 is 0 Å². The molecule has 2 aliphatic heterocycles. The molecule has 1 amide bonds. The number of benzene rings is 2. The molecule has 148 valence electrons. The Morgan fingerprint density at radius 1 is 1.11 bits per heavy atom. The predicted molar refractivity (Wildman–Crippen MR) is 102 cm³/mol. The van der Waals surface area contributed by atoms with E-state index in [1.165, 1.54) is 26.4 Å². The third-order valence-electron chi connectivity index (χ3n) is 6.00. The van der Waals surface area contributed by atoms with Crippen LogP contribution in [0.1, 0.15) is 41.6 Å². The Morgan fingerprint density at radius 3 is 2.39 bits per heavy atom. The monoisotopic (exact) mass is 385 g/mol. The molecule has 2 unspecified atom stereocenters. The van der Waals surface area contributed by atoms with Gasteiger partial charge in [-0.3, -0.25) is 4.79 Å². The maximum Gasteiger partial charge on any atom is 0.258 e. The summed E-state index contributed by atoms with van der Waals surface area (Å²) in [5.74, 6) is 0.441. The lowest BCUT2D eigenvalue weighted by Gasteiger charge is -2.44. The Morgan fingerprint density at radius 2 is 1.79 bits per heavy atom. The molecule has 0 saturated carbocycles. The van der Waals surface area contributed by atoms with Gasteiger partial charge in [0.2, 0.25) is 0 Å². The molecule has 4 rings (SSSR count). The van der Waals surface area contributed by atoms with E-state index in [9.17, 15) is 14.3 Å². The van der Waals surface area contributed by atoms with E-state index >= 15 is 0 Å². The van der Waals surface area contributed by atoms with E-state index in [0.29, 0.717) is 35.5 Å². The molecule has 2 aromatic carbocycles. The maximum absolute atomic E-state index is 13.7. The van der Waals surface area contributed by atoms with Crippen molar-refractivity contribution in [2.24, 2.45) is 0 Å². The minimum absolute atomic E-state index is 0.101. The Labute approximate surface area is 163 Å². The summed E-state index contributed by atoms with van der Waals surface area (Å²) in [7, 11) is 3.05. The summed E-state index contributed by atoms with van der Waals surface area (Å²) in [6.45, 7) is 0. The van der Waals surface area contributed by atoms with Crippen molar-refractivity contribution in [1.29, 1.82) is 0 Å². The van der Waals surface area contributed by atoms with Crippen LogP contribution in [0.4, 0.5) is 4.39 Å². The van der Waals surface area contributed by atoms with Crippen LogP contribution in [0.15, 0.2) is 42.5 Å². The van der Waals surface area contributed by atoms with Crippen molar-refractivity contribution >= 4 is 5.91 Å². The molecule has 2 atom stereocenters. The highest BCUT2D eigenvalue weighted by Crippen LogP contribution is 2.47. The summed E-state index contributed by atoms with van der Waals surface area (Å²) >= 11 is 0. The number of piperidine rings is 1. The van der Waals surface area contributed by atoms with E-state index < -0.39 is 5.60 Å². The number of amides is 1. The van der Waals surface area contributed by atoms with Gasteiger partial charge in [0.1, 0.15) is 5.82 Å². The summed E-state index contributed by atoms with van der Waals surface area (Å²) < 4.78 is 24.4. The smallest absolute Gasteiger partial charge is 0.258 e. The van der Waals surface area contributed by atoms with Gasteiger partial charge in [-0.1, -0.05) is 18.2 Å². The number of para-hydroxylation sites is 1. The first-order valence-corrected chi connectivity index (χ1v) is 9.49. The summed E-state index contributed by atoms with van der Waals surface area (Å²) in [5, 5.41) is 11.3. The average molecular weight is 385 g/mol. The Hall–Kier alpha value is -2.60. The zero-order valence-electron chi connectivity index (χ0n) is 16.0. The number of fused-ring (bicyclic) bond motifs is 2. The van der Waals surface area contributed by atoms with Gasteiger partial charge < -0.3 is 19.5 Å². The molecular weight excluding hydrogens is 361 g/mol. The number of carbonyl (C=O) groups is 1. The third kappa shape index (κ3) is 3.02. The van der Waals surface area contributed by atoms with Crippen LogP contribution in [0.2, 0.25) is 0 Å². The van der Waals surface area contributed by atoms with Crippen LogP contribution < -0.4 is 9.47 Å². The highest BCUT2D eigenvalue weighted by Gasteiger charge is 2.50. The second-order valence-electron chi connectivity index (χ2n) is 7.59. The minimum Gasteiger partial charge on any atom is -0.493 e. The number of nitrogens with zero attached hydrogens (tertiary/aromatic N) is 1. The van der Waals surface area contributed by atoms with Crippen molar-refractivity contribution in [3.8, 4) is 11.5 Å². The lowest BCUT2D eigenvalue weighted by Crippen LogP contribution is -2.52. The second kappa shape index (κ2) is 7.09. The quantitative estimate of drug-likeness (QED) is 0.875. The van der Waals surface area contributed by atoms with Crippen molar-refractivity contribution < 1.29 is 23.8 Å². The number of halogens is 1. The molecule has 0 radical (unpaired) electrons. The standard InChI is InChI=1S/C22H24FNO4/c1-27-19-8-4-7-18(20(19)28-2)21(25)24-16-9-10-17(24)13-22(26,12-16)14-5-3-6-15(23)11-14/h3-8,11,16-17,26H,9-10,12-13H2,1-2H3. The molecule has 2 heterocycles. The summed E-state index contributed by atoms with van der Waals surface area (Å²) in [5.41, 5.74) is -0.0891. The zero-order valence-corrected chi connectivity index (χ0v) is 16.0. The number of aliphatic hydroxyl groups is 1. The molecule has 6 heteroatoms. The molecule has 2 fully saturated rings. The van der Waals surface area contributed by atoms with Crippen molar-refractivity contribution in [1.82, 2.24) is 4.90 Å². The molecule has 5 nitrogen and oxygen atoms in total. The molecular formula is C22H24FNO4. The molecule has 2 aromatic rings. The fraction of sp³-hybridized carbons (Fsp3) is 0.409. The van der Waals surface area contributed by atoms with E-state index in [1.807, 2.05) is 4.90 Å². The van der Waals surface area contributed by atoms with E-state index in [0.717, 1.165) is 12.8 Å². The Bertz CT molecular complexity index is 886. The molecule has 2 bridgehead atoms. The van der Waals surface area contributed by atoms with Gasteiger partial charge in [-0.15, -0.1) is 0 Å². The van der Waals surface area contributed by atoms with E-state index in [1.54, 1.807) is 30.3 Å². The van der Waals surface area contributed by atoms with Crippen molar-refractivity contribution in [3.05, 3.63) is 59.4 Å². The van der Waals surface area contributed by atoms with Crippen LogP contribution in [0, 0.1) is 5.82 Å². The second-order valence-corrected chi connectivity index (χ2v) is 7.59. The first kappa shape index (κ1) is 18.7. The lowest BCUT2D eigenvalue weighted by molar-refractivity contribution is -0.0481. The number of carbonyl (C=O) groups excluding carboxylic acids is 1. The molecule has 2 aliphatic rings. The summed E-state index contributed by atoms with van der Waals surface area (Å²) in [6.07, 6.45) is 2.43. The molecule has 0 aliphatic carbocycles. The van der Waals surface area contributed by atoms with Crippen LogP contribution in [0.5, 0.6) is 11.5 Å². The molecule has 0 aromatic heterocycles. The van der Waals surface area contributed by atoms with E-state index in [4.69, 9.17) is 9.47 Å². The fourth-order valence-electron chi connectivity index (χ4n) is 4.76. The lowest BCUT2D eigenvalue weighted by atomic mass is 9.80. The number of hydrogen-bond acceptors (Lipinski definition) is 4. The average Bonchev–Trinajstić information content (AvgIpc) is 2.98. The third-order valence-corrected chi connectivity index (χ3v) is 6.00. The van der Waals surface area contributed by atoms with Crippen molar-refractivity contribution in [2.75, 3.05) is 14.2 Å². The highest BCUT2D eigenvalue weighted by atomic mass is 19.1. The first-order valence-electron chi connectivity index (χ1n) is 9.49. The Balaban J connectivity index is 1.64. The van der Waals surface area contributed by atoms with Crippen LogP contribution in [0.3, 0.4) is 0 Å².